The maximum absolute atomic E-state index is 10.7. The minimum Gasteiger partial charge on any atom is -0.495 e. The van der Waals surface area contributed by atoms with E-state index in [1.165, 1.54) is 13.3 Å². The number of ether oxygens (including phenoxy) is 1. The zero-order chi connectivity index (χ0) is 11.6. The topological polar surface area (TPSA) is 85.4 Å². The Morgan fingerprint density at radius 2 is 2.33 bits per heavy atom. The van der Waals surface area contributed by atoms with E-state index in [1.54, 1.807) is 6.92 Å². The van der Waals surface area contributed by atoms with Gasteiger partial charge in [-0.15, -0.1) is 0 Å². The molecule has 82 valence electrons. The Kier molecular flexibility index (Phi) is 3.49. The molecular weight excluding hydrogens is 220 g/mol. The highest BCUT2D eigenvalue weighted by Gasteiger charge is 2.21. The van der Waals surface area contributed by atoms with Gasteiger partial charge < -0.3 is 15.6 Å². The zero-order valence-corrected chi connectivity index (χ0v) is 9.08. The lowest BCUT2D eigenvalue weighted by Gasteiger charge is -2.13. The van der Waals surface area contributed by atoms with Gasteiger partial charge in [0.25, 0.3) is 0 Å². The van der Waals surface area contributed by atoms with Crippen LogP contribution in [0, 0.1) is 6.92 Å². The van der Waals surface area contributed by atoms with E-state index in [1.807, 2.05) is 0 Å². The molecule has 0 saturated heterocycles. The van der Waals surface area contributed by atoms with Crippen molar-refractivity contribution in [2.24, 2.45) is 5.73 Å². The summed E-state index contributed by atoms with van der Waals surface area (Å²) in [6, 6.07) is -1.17. The van der Waals surface area contributed by atoms with E-state index in [4.69, 9.17) is 27.2 Å². The number of halogens is 1. The molecule has 0 bridgehead atoms. The first kappa shape index (κ1) is 11.7. The van der Waals surface area contributed by atoms with Gasteiger partial charge in [-0.05, 0) is 6.92 Å². The minimum absolute atomic E-state index is 0.253. The van der Waals surface area contributed by atoms with Crippen molar-refractivity contribution >= 4 is 17.6 Å². The van der Waals surface area contributed by atoms with Crippen molar-refractivity contribution in [3.63, 3.8) is 0 Å². The molecule has 1 unspecified atom stereocenters. The molecule has 5 nitrogen and oxygen atoms in total. The van der Waals surface area contributed by atoms with Crippen LogP contribution < -0.4 is 10.5 Å². The van der Waals surface area contributed by atoms with Crippen molar-refractivity contribution in [3.8, 4) is 5.75 Å². The van der Waals surface area contributed by atoms with E-state index in [0.717, 1.165) is 0 Å². The maximum atomic E-state index is 10.7. The lowest BCUT2D eigenvalue weighted by atomic mass is 10.1. The summed E-state index contributed by atoms with van der Waals surface area (Å²) >= 11 is 5.81. The minimum atomic E-state index is -1.17. The van der Waals surface area contributed by atoms with Crippen molar-refractivity contribution in [3.05, 3.63) is 22.5 Å². The Morgan fingerprint density at radius 3 is 2.80 bits per heavy atom. The van der Waals surface area contributed by atoms with E-state index >= 15 is 0 Å². The molecule has 0 saturated carbocycles. The number of hydrogen-bond acceptors (Lipinski definition) is 4. The lowest BCUT2D eigenvalue weighted by Crippen LogP contribution is -2.23. The van der Waals surface area contributed by atoms with Crippen molar-refractivity contribution < 1.29 is 14.6 Å². The molecule has 6 heteroatoms. The van der Waals surface area contributed by atoms with Gasteiger partial charge in [0.1, 0.15) is 16.8 Å². The van der Waals surface area contributed by atoms with Gasteiger partial charge in [-0.25, -0.2) is 0 Å². The average molecular weight is 231 g/mol. The fourth-order valence-corrected chi connectivity index (χ4v) is 1.53. The van der Waals surface area contributed by atoms with E-state index in [0.29, 0.717) is 16.3 Å². The van der Waals surface area contributed by atoms with E-state index < -0.39 is 12.0 Å². The van der Waals surface area contributed by atoms with Crippen LogP contribution in [-0.2, 0) is 4.79 Å². The number of nitrogens with two attached hydrogens (primary N) is 1. The molecule has 1 heterocycles. The van der Waals surface area contributed by atoms with Crippen LogP contribution in [0.1, 0.15) is 17.3 Å². The second kappa shape index (κ2) is 4.46. The van der Waals surface area contributed by atoms with Gasteiger partial charge in [-0.1, -0.05) is 11.6 Å². The fourth-order valence-electron chi connectivity index (χ4n) is 1.26. The van der Waals surface area contributed by atoms with Crippen molar-refractivity contribution in [1.82, 2.24) is 4.98 Å². The van der Waals surface area contributed by atoms with E-state index in [2.05, 4.69) is 4.98 Å². The van der Waals surface area contributed by atoms with E-state index in [-0.39, 0.29) is 5.69 Å². The number of rotatable bonds is 3. The predicted octanol–water partition coefficient (Wildman–Crippen LogP) is 1.14. The summed E-state index contributed by atoms with van der Waals surface area (Å²) in [6.45, 7) is 1.66. The first-order chi connectivity index (χ1) is 6.99. The molecule has 15 heavy (non-hydrogen) atoms. The number of carbonyl (C=O) groups is 1. The SMILES string of the molecule is COc1c(Cl)cnc(C(N)C(=O)O)c1C. The standard InChI is InChI=1S/C9H11ClN2O3/c1-4-7(6(11)9(13)14)12-3-5(10)8(4)15-2/h3,6H,11H2,1-2H3,(H,13,14). The highest BCUT2D eigenvalue weighted by molar-refractivity contribution is 6.32. The third-order valence-corrected chi connectivity index (χ3v) is 2.29. The summed E-state index contributed by atoms with van der Waals surface area (Å²) in [7, 11) is 1.45. The summed E-state index contributed by atoms with van der Waals surface area (Å²) < 4.78 is 5.03. The van der Waals surface area contributed by atoms with Crippen molar-refractivity contribution in [2.45, 2.75) is 13.0 Å². The molecule has 0 aliphatic rings. The summed E-state index contributed by atoms with van der Waals surface area (Å²) in [5, 5.41) is 9.08. The first-order valence-electron chi connectivity index (χ1n) is 4.16. The molecule has 1 aromatic heterocycles. The Labute approximate surface area is 91.8 Å². The maximum Gasteiger partial charge on any atom is 0.326 e. The Bertz CT molecular complexity index is 395. The molecule has 0 radical (unpaired) electrons. The quantitative estimate of drug-likeness (QED) is 0.813. The van der Waals surface area contributed by atoms with Gasteiger partial charge in [0.15, 0.2) is 0 Å². The number of carboxylic acids is 1. The second-order valence-electron chi connectivity index (χ2n) is 2.97. The third-order valence-electron chi connectivity index (χ3n) is 2.02. The van der Waals surface area contributed by atoms with Gasteiger partial charge >= 0.3 is 5.97 Å². The largest absolute Gasteiger partial charge is 0.495 e. The van der Waals surface area contributed by atoms with Crippen LogP contribution in [-0.4, -0.2) is 23.2 Å². The normalized spacial score (nSPS) is 12.3. The molecular formula is C9H11ClN2O3. The molecule has 0 amide bonds. The monoisotopic (exact) mass is 230 g/mol. The molecule has 1 aromatic rings. The Hall–Kier alpha value is -1.33. The molecule has 3 N–H and O–H groups in total. The Balaban J connectivity index is 3.27. The van der Waals surface area contributed by atoms with Gasteiger partial charge in [0.05, 0.1) is 12.8 Å². The van der Waals surface area contributed by atoms with Crippen LogP contribution in [0.2, 0.25) is 5.02 Å². The van der Waals surface area contributed by atoms with Gasteiger partial charge in [0.2, 0.25) is 0 Å². The number of carboxylic acid groups (broad SMARTS) is 1. The molecule has 0 spiro atoms. The van der Waals surface area contributed by atoms with Crippen LogP contribution >= 0.6 is 11.6 Å². The number of aromatic nitrogens is 1. The molecule has 1 atom stereocenters. The predicted molar refractivity (Wildman–Crippen MR) is 55.1 cm³/mol. The summed E-state index contributed by atoms with van der Waals surface area (Å²) in [4.78, 5) is 14.6. The van der Waals surface area contributed by atoms with Gasteiger partial charge in [-0.2, -0.15) is 0 Å². The summed E-state index contributed by atoms with van der Waals surface area (Å²) in [5.74, 6) is -0.742. The lowest BCUT2D eigenvalue weighted by molar-refractivity contribution is -0.138. The number of nitrogens with zero attached hydrogens (tertiary/aromatic N) is 1. The molecule has 0 aliphatic heterocycles. The van der Waals surface area contributed by atoms with Crippen LogP contribution in [0.15, 0.2) is 6.20 Å². The number of pyridine rings is 1. The molecule has 0 aliphatic carbocycles. The zero-order valence-electron chi connectivity index (χ0n) is 8.32. The highest BCUT2D eigenvalue weighted by atomic mass is 35.5. The molecule has 0 fully saturated rings. The summed E-state index contributed by atoms with van der Waals surface area (Å²) in [5.41, 5.74) is 6.25. The van der Waals surface area contributed by atoms with Crippen molar-refractivity contribution in [1.29, 1.82) is 0 Å². The van der Waals surface area contributed by atoms with E-state index in [9.17, 15) is 4.79 Å². The summed E-state index contributed by atoms with van der Waals surface area (Å²) in [6.07, 6.45) is 1.32. The van der Waals surface area contributed by atoms with Crippen LogP contribution in [0.4, 0.5) is 0 Å². The first-order valence-corrected chi connectivity index (χ1v) is 4.54. The number of methoxy groups -OCH3 is 1. The number of aliphatic carboxylic acids is 1. The smallest absolute Gasteiger partial charge is 0.326 e. The van der Waals surface area contributed by atoms with Gasteiger partial charge in [-0.3, -0.25) is 9.78 Å². The third kappa shape index (κ3) is 2.19. The van der Waals surface area contributed by atoms with Crippen LogP contribution in [0.5, 0.6) is 5.75 Å². The van der Waals surface area contributed by atoms with Crippen molar-refractivity contribution in [2.75, 3.05) is 7.11 Å². The average Bonchev–Trinajstić information content (AvgIpc) is 2.17. The number of hydrogen-bond donors (Lipinski definition) is 2. The van der Waals surface area contributed by atoms with Gasteiger partial charge in [0, 0.05) is 11.8 Å². The van der Waals surface area contributed by atoms with Crippen LogP contribution in [0.3, 0.4) is 0 Å². The second-order valence-corrected chi connectivity index (χ2v) is 3.37. The molecule has 1 rings (SSSR count). The van der Waals surface area contributed by atoms with Crippen LogP contribution in [0.25, 0.3) is 0 Å². The fraction of sp³-hybridized carbons (Fsp3) is 0.333. The molecule has 0 aromatic carbocycles. The highest BCUT2D eigenvalue weighted by Crippen LogP contribution is 2.30. The Morgan fingerprint density at radius 1 is 1.73 bits per heavy atom.